The van der Waals surface area contributed by atoms with Crippen LogP contribution in [0.25, 0.3) is 0 Å². The Morgan fingerprint density at radius 3 is 3.00 bits per heavy atom. The lowest BCUT2D eigenvalue weighted by Gasteiger charge is -2.36. The molecule has 1 aliphatic heterocycles. The maximum Gasteiger partial charge on any atom is 0.0871 e. The van der Waals surface area contributed by atoms with E-state index in [1.807, 2.05) is 24.3 Å². The summed E-state index contributed by atoms with van der Waals surface area (Å²) in [5.74, 6) is 5.73. The van der Waals surface area contributed by atoms with Crippen molar-refractivity contribution >= 4 is 11.6 Å². The van der Waals surface area contributed by atoms with E-state index < -0.39 is 0 Å². The minimum absolute atomic E-state index is 0.0783. The van der Waals surface area contributed by atoms with Crippen LogP contribution in [-0.2, 0) is 11.2 Å². The first kappa shape index (κ1) is 15.7. The van der Waals surface area contributed by atoms with Crippen molar-refractivity contribution in [3.8, 4) is 0 Å². The summed E-state index contributed by atoms with van der Waals surface area (Å²) >= 11 is 6.22. The molecule has 0 aliphatic carbocycles. The number of halogens is 1. The third kappa shape index (κ3) is 4.17. The zero-order chi connectivity index (χ0) is 14.4. The fraction of sp³-hybridized carbons (Fsp3) is 0.600. The van der Waals surface area contributed by atoms with Gasteiger partial charge in [0.15, 0.2) is 0 Å². The van der Waals surface area contributed by atoms with Crippen molar-refractivity contribution in [3.63, 3.8) is 0 Å². The predicted molar refractivity (Wildman–Crippen MR) is 82.7 cm³/mol. The Hall–Kier alpha value is -0.650. The standard InChI is InChI=1S/C15H24ClN3O/c1-2-7-19-8-9-20-15(11-19)14(18-17)10-12-5-3-4-6-13(12)16/h3-6,14-15,18H,2,7-11,17H2,1H3. The lowest BCUT2D eigenvalue weighted by atomic mass is 10.0. The molecule has 0 radical (unpaired) electrons. The Kier molecular flexibility index (Phi) is 6.26. The van der Waals surface area contributed by atoms with Crippen LogP contribution in [0.15, 0.2) is 24.3 Å². The molecule has 0 bridgehead atoms. The van der Waals surface area contributed by atoms with E-state index in [2.05, 4.69) is 17.2 Å². The van der Waals surface area contributed by atoms with Crippen LogP contribution in [-0.4, -0.2) is 43.3 Å². The number of hydrogen-bond donors (Lipinski definition) is 2. The van der Waals surface area contributed by atoms with Crippen molar-refractivity contribution in [2.45, 2.75) is 31.9 Å². The van der Waals surface area contributed by atoms with Crippen molar-refractivity contribution < 1.29 is 4.74 Å². The van der Waals surface area contributed by atoms with Crippen molar-refractivity contribution in [3.05, 3.63) is 34.9 Å². The number of hydrogen-bond acceptors (Lipinski definition) is 4. The topological polar surface area (TPSA) is 50.5 Å². The molecule has 1 saturated heterocycles. The minimum Gasteiger partial charge on any atom is -0.374 e. The molecule has 3 N–H and O–H groups in total. The molecule has 0 saturated carbocycles. The molecule has 1 heterocycles. The van der Waals surface area contributed by atoms with Gasteiger partial charge in [0.05, 0.1) is 18.8 Å². The van der Waals surface area contributed by atoms with E-state index in [0.29, 0.717) is 0 Å². The van der Waals surface area contributed by atoms with Crippen molar-refractivity contribution in [1.29, 1.82) is 0 Å². The molecule has 0 aromatic heterocycles. The fourth-order valence-corrected chi connectivity index (χ4v) is 2.91. The largest absolute Gasteiger partial charge is 0.374 e. The highest BCUT2D eigenvalue weighted by Gasteiger charge is 2.27. The highest BCUT2D eigenvalue weighted by atomic mass is 35.5. The van der Waals surface area contributed by atoms with Gasteiger partial charge in [0.25, 0.3) is 0 Å². The molecular weight excluding hydrogens is 274 g/mol. The average molecular weight is 298 g/mol. The quantitative estimate of drug-likeness (QED) is 0.621. The zero-order valence-corrected chi connectivity index (χ0v) is 12.8. The second-order valence-corrected chi connectivity index (χ2v) is 5.69. The van der Waals surface area contributed by atoms with Crippen LogP contribution >= 0.6 is 11.6 Å². The van der Waals surface area contributed by atoms with Crippen LogP contribution in [0.4, 0.5) is 0 Å². The summed E-state index contributed by atoms with van der Waals surface area (Å²) in [6, 6.07) is 7.97. The lowest BCUT2D eigenvalue weighted by molar-refractivity contribution is -0.0462. The number of benzene rings is 1. The molecule has 2 atom stereocenters. The van der Waals surface area contributed by atoms with Gasteiger partial charge in [-0.1, -0.05) is 36.7 Å². The molecule has 2 rings (SSSR count). The first-order valence-corrected chi connectivity index (χ1v) is 7.66. The Morgan fingerprint density at radius 1 is 1.50 bits per heavy atom. The highest BCUT2D eigenvalue weighted by Crippen LogP contribution is 2.19. The highest BCUT2D eigenvalue weighted by molar-refractivity contribution is 6.31. The summed E-state index contributed by atoms with van der Waals surface area (Å²) in [7, 11) is 0. The van der Waals surface area contributed by atoms with Gasteiger partial charge in [-0.25, -0.2) is 0 Å². The van der Waals surface area contributed by atoms with Gasteiger partial charge in [0, 0.05) is 18.1 Å². The number of ether oxygens (including phenoxy) is 1. The van der Waals surface area contributed by atoms with Gasteiger partial charge in [0.1, 0.15) is 0 Å². The third-order valence-corrected chi connectivity index (χ3v) is 4.15. The first-order valence-electron chi connectivity index (χ1n) is 7.28. The molecule has 4 nitrogen and oxygen atoms in total. The molecule has 0 spiro atoms. The molecule has 5 heteroatoms. The van der Waals surface area contributed by atoms with Crippen molar-refractivity contribution in [1.82, 2.24) is 10.3 Å². The van der Waals surface area contributed by atoms with E-state index >= 15 is 0 Å². The van der Waals surface area contributed by atoms with Gasteiger partial charge >= 0.3 is 0 Å². The Labute approximate surface area is 126 Å². The third-order valence-electron chi connectivity index (χ3n) is 3.78. The van der Waals surface area contributed by atoms with Crippen LogP contribution in [0.2, 0.25) is 5.02 Å². The lowest BCUT2D eigenvalue weighted by Crippen LogP contribution is -2.54. The van der Waals surface area contributed by atoms with Crippen LogP contribution in [0.1, 0.15) is 18.9 Å². The van der Waals surface area contributed by atoms with Gasteiger partial charge < -0.3 is 4.74 Å². The summed E-state index contributed by atoms with van der Waals surface area (Å²) in [6.07, 6.45) is 2.05. The number of nitrogens with zero attached hydrogens (tertiary/aromatic N) is 1. The second-order valence-electron chi connectivity index (χ2n) is 5.28. The molecule has 2 unspecified atom stereocenters. The molecule has 20 heavy (non-hydrogen) atoms. The van der Waals surface area contributed by atoms with Crippen LogP contribution in [0, 0.1) is 0 Å². The van der Waals surface area contributed by atoms with E-state index in [-0.39, 0.29) is 12.1 Å². The normalized spacial score (nSPS) is 21.9. The van der Waals surface area contributed by atoms with Crippen molar-refractivity contribution in [2.75, 3.05) is 26.2 Å². The summed E-state index contributed by atoms with van der Waals surface area (Å²) in [6.45, 7) is 6.02. The first-order chi connectivity index (χ1) is 9.74. The molecule has 1 aromatic carbocycles. The predicted octanol–water partition coefficient (Wildman–Crippen LogP) is 1.83. The van der Waals surface area contributed by atoms with Gasteiger partial charge in [-0.15, -0.1) is 0 Å². The van der Waals surface area contributed by atoms with E-state index in [9.17, 15) is 0 Å². The molecular formula is C15H24ClN3O. The average Bonchev–Trinajstić information content (AvgIpc) is 2.47. The van der Waals surface area contributed by atoms with Crippen molar-refractivity contribution in [2.24, 2.45) is 5.84 Å². The maximum atomic E-state index is 6.22. The maximum absolute atomic E-state index is 6.22. The molecule has 0 amide bonds. The number of morpholine rings is 1. The Bertz CT molecular complexity index is 414. The smallest absolute Gasteiger partial charge is 0.0871 e. The Morgan fingerprint density at radius 2 is 2.30 bits per heavy atom. The van der Waals surface area contributed by atoms with Crippen LogP contribution in [0.5, 0.6) is 0 Å². The number of nitrogens with one attached hydrogen (secondary N) is 1. The van der Waals surface area contributed by atoms with E-state index in [0.717, 1.165) is 49.7 Å². The summed E-state index contributed by atoms with van der Waals surface area (Å²) < 4.78 is 5.89. The van der Waals surface area contributed by atoms with Crippen LogP contribution < -0.4 is 11.3 Å². The van der Waals surface area contributed by atoms with Gasteiger partial charge in [-0.2, -0.15) is 0 Å². The molecule has 112 valence electrons. The fourth-order valence-electron chi connectivity index (χ4n) is 2.69. The van der Waals surface area contributed by atoms with Gasteiger partial charge in [0.2, 0.25) is 0 Å². The van der Waals surface area contributed by atoms with Gasteiger partial charge in [-0.05, 0) is 31.0 Å². The van der Waals surface area contributed by atoms with E-state index in [4.69, 9.17) is 22.2 Å². The van der Waals surface area contributed by atoms with E-state index in [1.54, 1.807) is 0 Å². The summed E-state index contributed by atoms with van der Waals surface area (Å²) in [5.41, 5.74) is 4.00. The zero-order valence-electron chi connectivity index (χ0n) is 12.0. The number of rotatable bonds is 6. The molecule has 1 fully saturated rings. The summed E-state index contributed by atoms with van der Waals surface area (Å²) in [4.78, 5) is 2.44. The monoisotopic (exact) mass is 297 g/mol. The Balaban J connectivity index is 1.99. The molecule has 1 aromatic rings. The van der Waals surface area contributed by atoms with Gasteiger partial charge in [-0.3, -0.25) is 16.2 Å². The SMILES string of the molecule is CCCN1CCOC(C(Cc2ccccc2Cl)NN)C1. The van der Waals surface area contributed by atoms with E-state index in [1.165, 1.54) is 0 Å². The second kappa shape index (κ2) is 7.96. The van der Waals surface area contributed by atoms with Crippen LogP contribution in [0.3, 0.4) is 0 Å². The number of nitrogens with two attached hydrogens (primary N) is 1. The minimum atomic E-state index is 0.0783. The number of hydrazine groups is 1. The summed E-state index contributed by atoms with van der Waals surface area (Å²) in [5, 5.41) is 0.786. The molecule has 1 aliphatic rings.